The molecule has 2 N–H and O–H groups in total. The molecule has 0 aliphatic heterocycles. The van der Waals surface area contributed by atoms with Crippen molar-refractivity contribution in [2.45, 2.75) is 51.0 Å². The average Bonchev–Trinajstić information content (AvgIpc) is 3.10. The van der Waals surface area contributed by atoms with E-state index in [9.17, 15) is 15.0 Å². The molecule has 1 aliphatic carbocycles. The molecular weight excluding hydrogens is 364 g/mol. The Kier molecular flexibility index (Phi) is 5.95. The highest BCUT2D eigenvalue weighted by molar-refractivity contribution is 5.76. The number of aryl methyl sites for hydroxylation is 1. The largest absolute Gasteiger partial charge is 0.481 e. The summed E-state index contributed by atoms with van der Waals surface area (Å²) < 4.78 is 2.22. The van der Waals surface area contributed by atoms with Crippen LogP contribution in [0.2, 0.25) is 0 Å². The average molecular weight is 392 g/mol. The predicted octanol–water partition coefficient (Wildman–Crippen LogP) is 4.37. The van der Waals surface area contributed by atoms with E-state index in [0.29, 0.717) is 13.0 Å². The summed E-state index contributed by atoms with van der Waals surface area (Å²) in [6, 6.07) is 16.6. The van der Waals surface area contributed by atoms with Gasteiger partial charge in [0.05, 0.1) is 17.0 Å². The highest BCUT2D eigenvalue weighted by Crippen LogP contribution is 2.38. The van der Waals surface area contributed by atoms with Crippen LogP contribution >= 0.6 is 0 Å². The lowest BCUT2D eigenvalue weighted by Gasteiger charge is -2.29. The number of fused-ring (bicyclic) bond motifs is 1. The van der Waals surface area contributed by atoms with Crippen LogP contribution in [0.15, 0.2) is 48.5 Å². The molecule has 1 aromatic heterocycles. The summed E-state index contributed by atoms with van der Waals surface area (Å²) in [5.74, 6) is 0.168. The van der Waals surface area contributed by atoms with Crippen LogP contribution in [0.25, 0.3) is 11.0 Å². The van der Waals surface area contributed by atoms with Gasteiger partial charge in [-0.15, -0.1) is 0 Å². The number of aliphatic hydroxyl groups is 1. The number of para-hydroxylation sites is 2. The zero-order chi connectivity index (χ0) is 20.2. The number of carboxylic acid groups (broad SMARTS) is 1. The standard InChI is InChI=1S/C24H28N2O3/c27-15-5-10-23-25-21-8-3-4-9-22(21)26(23)16-17-11-13-18(14-12-17)19-6-1-2-7-20(19)24(28)29/h3-4,8-9,11-14,19-20,27H,1-2,5-7,10,15-16H2,(H,28,29)/t19-,20+/m0/s1. The van der Waals surface area contributed by atoms with Crippen LogP contribution in [-0.2, 0) is 17.8 Å². The number of nitrogens with zero attached hydrogens (tertiary/aromatic N) is 2. The van der Waals surface area contributed by atoms with Crippen LogP contribution in [0, 0.1) is 5.92 Å². The smallest absolute Gasteiger partial charge is 0.307 e. The number of benzene rings is 2. The second kappa shape index (κ2) is 8.78. The van der Waals surface area contributed by atoms with Gasteiger partial charge in [-0.1, -0.05) is 49.2 Å². The van der Waals surface area contributed by atoms with E-state index in [2.05, 4.69) is 34.9 Å². The summed E-state index contributed by atoms with van der Waals surface area (Å²) >= 11 is 0. The summed E-state index contributed by atoms with van der Waals surface area (Å²) in [5, 5.41) is 18.8. The van der Waals surface area contributed by atoms with Gasteiger partial charge in [-0.3, -0.25) is 4.79 Å². The number of aliphatic carboxylic acids is 1. The molecule has 0 saturated heterocycles. The van der Waals surface area contributed by atoms with Gasteiger partial charge in [0.1, 0.15) is 5.82 Å². The van der Waals surface area contributed by atoms with Crippen molar-refractivity contribution in [1.82, 2.24) is 9.55 Å². The topological polar surface area (TPSA) is 75.3 Å². The highest BCUT2D eigenvalue weighted by atomic mass is 16.4. The fraction of sp³-hybridized carbons (Fsp3) is 0.417. The van der Waals surface area contributed by atoms with Crippen LogP contribution in [0.5, 0.6) is 0 Å². The van der Waals surface area contributed by atoms with E-state index < -0.39 is 5.97 Å². The fourth-order valence-electron chi connectivity index (χ4n) is 4.61. The molecule has 0 bridgehead atoms. The highest BCUT2D eigenvalue weighted by Gasteiger charge is 2.31. The van der Waals surface area contributed by atoms with Gasteiger partial charge in [-0.05, 0) is 48.4 Å². The molecule has 1 aliphatic rings. The van der Waals surface area contributed by atoms with Crippen molar-refractivity contribution in [3.63, 3.8) is 0 Å². The Morgan fingerprint density at radius 2 is 1.83 bits per heavy atom. The van der Waals surface area contributed by atoms with E-state index >= 15 is 0 Å². The number of rotatable bonds is 7. The number of hydrogen-bond acceptors (Lipinski definition) is 3. The Morgan fingerprint density at radius 3 is 2.59 bits per heavy atom. The fourth-order valence-corrected chi connectivity index (χ4v) is 4.61. The van der Waals surface area contributed by atoms with Gasteiger partial charge in [-0.25, -0.2) is 4.98 Å². The number of imidazole rings is 1. The third kappa shape index (κ3) is 4.20. The third-order valence-corrected chi connectivity index (χ3v) is 6.12. The summed E-state index contributed by atoms with van der Waals surface area (Å²) in [6.45, 7) is 0.874. The van der Waals surface area contributed by atoms with E-state index in [4.69, 9.17) is 4.98 Å². The molecule has 2 atom stereocenters. The van der Waals surface area contributed by atoms with E-state index in [1.54, 1.807) is 0 Å². The monoisotopic (exact) mass is 392 g/mol. The number of carboxylic acids is 1. The lowest BCUT2D eigenvalue weighted by Crippen LogP contribution is -2.25. The van der Waals surface area contributed by atoms with E-state index in [1.807, 2.05) is 18.2 Å². The lowest BCUT2D eigenvalue weighted by atomic mass is 9.75. The molecule has 3 aromatic rings. The van der Waals surface area contributed by atoms with Gasteiger partial charge in [0, 0.05) is 19.6 Å². The summed E-state index contributed by atoms with van der Waals surface area (Å²) in [7, 11) is 0. The molecule has 0 spiro atoms. The van der Waals surface area contributed by atoms with Crippen molar-refractivity contribution in [1.29, 1.82) is 0 Å². The van der Waals surface area contributed by atoms with Gasteiger partial charge in [0.25, 0.3) is 0 Å². The van der Waals surface area contributed by atoms with Crippen LogP contribution < -0.4 is 0 Å². The van der Waals surface area contributed by atoms with Crippen molar-refractivity contribution in [2.24, 2.45) is 5.92 Å². The molecule has 1 fully saturated rings. The quantitative estimate of drug-likeness (QED) is 0.626. The van der Waals surface area contributed by atoms with Crippen LogP contribution in [0.3, 0.4) is 0 Å². The van der Waals surface area contributed by atoms with Gasteiger partial charge < -0.3 is 14.8 Å². The van der Waals surface area contributed by atoms with Gasteiger partial charge in [-0.2, -0.15) is 0 Å². The van der Waals surface area contributed by atoms with Crippen molar-refractivity contribution >= 4 is 17.0 Å². The minimum absolute atomic E-state index is 0.115. The zero-order valence-electron chi connectivity index (χ0n) is 16.6. The summed E-state index contributed by atoms with van der Waals surface area (Å²) in [5.41, 5.74) is 4.38. The minimum atomic E-state index is -0.669. The Bertz CT molecular complexity index is 977. The Balaban J connectivity index is 1.58. The third-order valence-electron chi connectivity index (χ3n) is 6.12. The number of aromatic nitrogens is 2. The van der Waals surface area contributed by atoms with Crippen molar-refractivity contribution < 1.29 is 15.0 Å². The number of aliphatic hydroxyl groups excluding tert-OH is 1. The maximum Gasteiger partial charge on any atom is 0.307 e. The Morgan fingerprint density at radius 1 is 1.07 bits per heavy atom. The lowest BCUT2D eigenvalue weighted by molar-refractivity contribution is -0.143. The normalized spacial score (nSPS) is 19.5. The van der Waals surface area contributed by atoms with Crippen LogP contribution in [0.1, 0.15) is 55.0 Å². The van der Waals surface area contributed by atoms with Crippen molar-refractivity contribution in [3.05, 3.63) is 65.5 Å². The second-order valence-electron chi connectivity index (χ2n) is 8.01. The van der Waals surface area contributed by atoms with Crippen LogP contribution in [0.4, 0.5) is 0 Å². The number of carbonyl (C=O) groups is 1. The first-order valence-corrected chi connectivity index (χ1v) is 10.5. The van der Waals surface area contributed by atoms with Gasteiger partial charge in [0.15, 0.2) is 0 Å². The molecule has 1 saturated carbocycles. The molecule has 0 unspecified atom stereocenters. The maximum atomic E-state index is 11.6. The maximum absolute atomic E-state index is 11.6. The molecular formula is C24H28N2O3. The van der Waals surface area contributed by atoms with Gasteiger partial charge >= 0.3 is 5.97 Å². The minimum Gasteiger partial charge on any atom is -0.481 e. The van der Waals surface area contributed by atoms with E-state index in [-0.39, 0.29) is 18.4 Å². The summed E-state index contributed by atoms with van der Waals surface area (Å²) in [6.07, 6.45) is 5.28. The molecule has 1 heterocycles. The Hall–Kier alpha value is -2.66. The molecule has 2 aromatic carbocycles. The van der Waals surface area contributed by atoms with E-state index in [1.165, 1.54) is 5.56 Å². The second-order valence-corrected chi connectivity index (χ2v) is 8.01. The zero-order valence-corrected chi connectivity index (χ0v) is 16.6. The summed E-state index contributed by atoms with van der Waals surface area (Å²) in [4.78, 5) is 16.4. The molecule has 4 rings (SSSR count). The first-order chi connectivity index (χ1) is 14.2. The molecule has 5 nitrogen and oxygen atoms in total. The van der Waals surface area contributed by atoms with E-state index in [0.717, 1.165) is 54.5 Å². The predicted molar refractivity (Wildman–Crippen MR) is 113 cm³/mol. The van der Waals surface area contributed by atoms with Crippen molar-refractivity contribution in [2.75, 3.05) is 6.61 Å². The molecule has 152 valence electrons. The first-order valence-electron chi connectivity index (χ1n) is 10.5. The Labute approximate surface area is 171 Å². The van der Waals surface area contributed by atoms with Gasteiger partial charge in [0.2, 0.25) is 0 Å². The SMILES string of the molecule is O=C(O)[C@@H]1CCCC[C@H]1c1ccc(Cn2c(CCCO)nc3ccccc32)cc1. The molecule has 0 amide bonds. The van der Waals surface area contributed by atoms with Crippen LogP contribution in [-0.4, -0.2) is 32.3 Å². The molecule has 5 heteroatoms. The number of hydrogen-bond donors (Lipinski definition) is 2. The molecule has 0 radical (unpaired) electrons. The molecule has 29 heavy (non-hydrogen) atoms. The van der Waals surface area contributed by atoms with Crippen molar-refractivity contribution in [3.8, 4) is 0 Å². The first kappa shape index (κ1) is 19.6.